The van der Waals surface area contributed by atoms with E-state index in [1.807, 2.05) is 6.92 Å². The molecule has 0 aromatic rings. The van der Waals surface area contributed by atoms with Crippen molar-refractivity contribution in [2.24, 2.45) is 0 Å². The highest BCUT2D eigenvalue weighted by atomic mass is 32.2. The molecule has 4 nitrogen and oxygen atoms in total. The Kier molecular flexibility index (Phi) is 7.98. The van der Waals surface area contributed by atoms with Gasteiger partial charge < -0.3 is 15.0 Å². The normalized spacial score (nSPS) is 15.8. The number of rotatable bonds is 8. The molecule has 19 heavy (non-hydrogen) atoms. The molecule has 0 aliphatic carbocycles. The van der Waals surface area contributed by atoms with Crippen LogP contribution in [0, 0.1) is 0 Å². The van der Waals surface area contributed by atoms with Crippen LogP contribution in [0.1, 0.15) is 33.6 Å². The quantitative estimate of drug-likeness (QED) is 0.693. The van der Waals surface area contributed by atoms with E-state index in [0.29, 0.717) is 6.61 Å². The molecule has 1 N–H and O–H groups in total. The summed E-state index contributed by atoms with van der Waals surface area (Å²) in [5.41, 5.74) is 1.07. The molecule has 0 bridgehead atoms. The number of carbonyl (C=O) groups is 1. The molecule has 0 radical (unpaired) electrons. The van der Waals surface area contributed by atoms with Crippen molar-refractivity contribution in [3.05, 3.63) is 10.6 Å². The fraction of sp³-hybridized carbons (Fsp3) is 0.786. The topological polar surface area (TPSA) is 41.6 Å². The van der Waals surface area contributed by atoms with Gasteiger partial charge in [0, 0.05) is 18.8 Å². The van der Waals surface area contributed by atoms with Crippen molar-refractivity contribution in [1.82, 2.24) is 10.2 Å². The zero-order valence-corrected chi connectivity index (χ0v) is 13.1. The van der Waals surface area contributed by atoms with Crippen molar-refractivity contribution in [1.29, 1.82) is 0 Å². The Bertz CT molecular complexity index is 315. The molecule has 0 fully saturated rings. The highest BCUT2D eigenvalue weighted by molar-refractivity contribution is 8.04. The van der Waals surface area contributed by atoms with Crippen LogP contribution in [0.25, 0.3) is 0 Å². The molecule has 0 amide bonds. The number of ether oxygens (including phenoxy) is 1. The predicted molar refractivity (Wildman–Crippen MR) is 81.1 cm³/mol. The maximum atomic E-state index is 11.9. The number of allylic oxidation sites excluding steroid dienone is 1. The summed E-state index contributed by atoms with van der Waals surface area (Å²) in [5, 5.41) is 3.43. The van der Waals surface area contributed by atoms with Crippen LogP contribution < -0.4 is 5.32 Å². The SMILES string of the molecule is CCOC(=O)C1=C(NCCN(CC)CC)CCCS1. The number of carbonyl (C=O) groups excluding carboxylic acids is 1. The second-order valence-corrected chi connectivity index (χ2v) is 5.54. The number of hydrogen-bond donors (Lipinski definition) is 1. The molecule has 0 aromatic carbocycles. The van der Waals surface area contributed by atoms with E-state index >= 15 is 0 Å². The molecule has 1 aliphatic rings. The van der Waals surface area contributed by atoms with Gasteiger partial charge in [0.25, 0.3) is 0 Å². The van der Waals surface area contributed by atoms with E-state index < -0.39 is 0 Å². The van der Waals surface area contributed by atoms with Crippen LogP contribution in [0.4, 0.5) is 0 Å². The predicted octanol–water partition coefficient (Wildman–Crippen LogP) is 2.22. The van der Waals surface area contributed by atoms with E-state index in [-0.39, 0.29) is 5.97 Å². The fourth-order valence-electron chi connectivity index (χ4n) is 2.08. The van der Waals surface area contributed by atoms with Gasteiger partial charge in [-0.25, -0.2) is 4.79 Å². The molecular formula is C14H26N2O2S. The van der Waals surface area contributed by atoms with Gasteiger partial charge in [-0.1, -0.05) is 13.8 Å². The van der Waals surface area contributed by atoms with Crippen LogP contribution in [-0.2, 0) is 9.53 Å². The van der Waals surface area contributed by atoms with Crippen molar-refractivity contribution < 1.29 is 9.53 Å². The lowest BCUT2D eigenvalue weighted by Crippen LogP contribution is -2.32. The van der Waals surface area contributed by atoms with Crippen LogP contribution in [0.5, 0.6) is 0 Å². The second-order valence-electron chi connectivity index (χ2n) is 4.43. The Balaban J connectivity index is 2.53. The summed E-state index contributed by atoms with van der Waals surface area (Å²) < 4.78 is 5.11. The lowest BCUT2D eigenvalue weighted by atomic mass is 10.2. The molecule has 1 heterocycles. The zero-order chi connectivity index (χ0) is 14.1. The maximum Gasteiger partial charge on any atom is 0.346 e. The first kappa shape index (κ1) is 16.4. The fourth-order valence-corrected chi connectivity index (χ4v) is 3.09. The number of nitrogens with one attached hydrogen (secondary N) is 1. The Morgan fingerprint density at radius 3 is 2.74 bits per heavy atom. The van der Waals surface area contributed by atoms with Crippen molar-refractivity contribution in [2.75, 3.05) is 38.5 Å². The molecule has 0 saturated carbocycles. The van der Waals surface area contributed by atoms with Gasteiger partial charge >= 0.3 is 5.97 Å². The average molecular weight is 286 g/mol. The summed E-state index contributed by atoms with van der Waals surface area (Å²) in [6, 6.07) is 0. The summed E-state index contributed by atoms with van der Waals surface area (Å²) in [6.07, 6.45) is 2.08. The van der Waals surface area contributed by atoms with Gasteiger partial charge in [0.2, 0.25) is 0 Å². The van der Waals surface area contributed by atoms with Crippen molar-refractivity contribution in [3.63, 3.8) is 0 Å². The first-order chi connectivity index (χ1) is 9.22. The summed E-state index contributed by atoms with van der Waals surface area (Å²) in [7, 11) is 0. The molecule has 0 aromatic heterocycles. The Morgan fingerprint density at radius 2 is 2.11 bits per heavy atom. The van der Waals surface area contributed by atoms with Crippen molar-refractivity contribution in [2.45, 2.75) is 33.6 Å². The summed E-state index contributed by atoms with van der Waals surface area (Å²) in [4.78, 5) is 15.0. The Morgan fingerprint density at radius 1 is 1.37 bits per heavy atom. The minimum absolute atomic E-state index is 0.169. The molecule has 0 saturated heterocycles. The minimum Gasteiger partial charge on any atom is -0.462 e. The second kappa shape index (κ2) is 9.26. The van der Waals surface area contributed by atoms with E-state index in [2.05, 4.69) is 24.1 Å². The lowest BCUT2D eigenvalue weighted by Gasteiger charge is -2.22. The van der Waals surface area contributed by atoms with Crippen molar-refractivity contribution in [3.8, 4) is 0 Å². The molecular weight excluding hydrogens is 260 g/mol. The number of esters is 1. The Hall–Kier alpha value is -0.680. The van der Waals surface area contributed by atoms with E-state index in [1.54, 1.807) is 11.8 Å². The number of hydrogen-bond acceptors (Lipinski definition) is 5. The van der Waals surface area contributed by atoms with Gasteiger partial charge in [0.05, 0.1) is 6.61 Å². The third-order valence-corrected chi connectivity index (χ3v) is 4.41. The molecule has 0 unspecified atom stereocenters. The molecule has 5 heteroatoms. The maximum absolute atomic E-state index is 11.9. The third kappa shape index (κ3) is 5.45. The summed E-state index contributed by atoms with van der Waals surface area (Å²) in [5.74, 6) is 0.840. The van der Waals surface area contributed by atoms with Gasteiger partial charge in [-0.05, 0) is 38.6 Å². The zero-order valence-electron chi connectivity index (χ0n) is 12.3. The molecule has 0 atom stereocenters. The molecule has 1 aliphatic heterocycles. The average Bonchev–Trinajstić information content (AvgIpc) is 2.44. The van der Waals surface area contributed by atoms with E-state index in [1.165, 1.54) is 0 Å². The Labute approximate surface area is 120 Å². The van der Waals surface area contributed by atoms with Crippen LogP contribution in [0.15, 0.2) is 10.6 Å². The van der Waals surface area contributed by atoms with Crippen LogP contribution in [0.2, 0.25) is 0 Å². The number of thioether (sulfide) groups is 1. The van der Waals surface area contributed by atoms with Crippen LogP contribution in [-0.4, -0.2) is 49.4 Å². The molecule has 110 valence electrons. The van der Waals surface area contributed by atoms with E-state index in [0.717, 1.165) is 55.4 Å². The van der Waals surface area contributed by atoms with Gasteiger partial charge in [0.15, 0.2) is 0 Å². The lowest BCUT2D eigenvalue weighted by molar-refractivity contribution is -0.137. The standard InChI is InChI=1S/C14H26N2O2S/c1-4-16(5-2)10-9-15-12-8-7-11-19-13(12)14(17)18-6-3/h15H,4-11H2,1-3H3. The van der Waals surface area contributed by atoms with Crippen LogP contribution >= 0.6 is 11.8 Å². The van der Waals surface area contributed by atoms with E-state index in [9.17, 15) is 4.79 Å². The third-order valence-electron chi connectivity index (χ3n) is 3.21. The van der Waals surface area contributed by atoms with Gasteiger partial charge in [0.1, 0.15) is 4.91 Å². The largest absolute Gasteiger partial charge is 0.462 e. The highest BCUT2D eigenvalue weighted by Crippen LogP contribution is 2.29. The first-order valence-electron chi connectivity index (χ1n) is 7.22. The van der Waals surface area contributed by atoms with Gasteiger partial charge in [-0.3, -0.25) is 0 Å². The summed E-state index contributed by atoms with van der Waals surface area (Å²) >= 11 is 1.62. The number of likely N-dealkylation sites (N-methyl/N-ethyl adjacent to an activating group) is 1. The smallest absolute Gasteiger partial charge is 0.346 e. The number of nitrogens with zero attached hydrogens (tertiary/aromatic N) is 1. The monoisotopic (exact) mass is 286 g/mol. The van der Waals surface area contributed by atoms with Crippen LogP contribution in [0.3, 0.4) is 0 Å². The minimum atomic E-state index is -0.169. The molecule has 1 rings (SSSR count). The molecule has 0 spiro atoms. The summed E-state index contributed by atoms with van der Waals surface area (Å²) in [6.45, 7) is 10.7. The van der Waals surface area contributed by atoms with E-state index in [4.69, 9.17) is 4.74 Å². The van der Waals surface area contributed by atoms with Crippen molar-refractivity contribution >= 4 is 17.7 Å². The van der Waals surface area contributed by atoms with Gasteiger partial charge in [-0.2, -0.15) is 0 Å². The first-order valence-corrected chi connectivity index (χ1v) is 8.20. The highest BCUT2D eigenvalue weighted by Gasteiger charge is 2.20. The van der Waals surface area contributed by atoms with Gasteiger partial charge in [-0.15, -0.1) is 11.8 Å².